The zero-order chi connectivity index (χ0) is 15.9. The van der Waals surface area contributed by atoms with Gasteiger partial charge in [0.15, 0.2) is 0 Å². The van der Waals surface area contributed by atoms with Crippen molar-refractivity contribution in [1.82, 2.24) is 0 Å². The van der Waals surface area contributed by atoms with Crippen molar-refractivity contribution in [3.05, 3.63) is 0 Å². The molecule has 2 fully saturated rings. The molecule has 0 aromatic carbocycles. The maximum atomic E-state index is 11.6. The van der Waals surface area contributed by atoms with E-state index in [-0.39, 0.29) is 12.8 Å². The fourth-order valence-electron chi connectivity index (χ4n) is 1.66. The highest BCUT2D eigenvalue weighted by molar-refractivity contribution is 5.74. The highest BCUT2D eigenvalue weighted by atomic mass is 19.4. The quantitative estimate of drug-likeness (QED) is 0.769. The van der Waals surface area contributed by atoms with Gasteiger partial charge in [-0.15, -0.1) is 0 Å². The van der Waals surface area contributed by atoms with Crippen molar-refractivity contribution in [3.8, 4) is 0 Å². The van der Waals surface area contributed by atoms with E-state index in [4.69, 9.17) is 10.2 Å². The summed E-state index contributed by atoms with van der Waals surface area (Å²) in [5, 5.41) is 16.2. The minimum atomic E-state index is -4.32. The number of rotatable bonds is 2. The fourth-order valence-corrected chi connectivity index (χ4v) is 1.66. The predicted octanol–water partition coefficient (Wildman–Crippen LogP) is 2.54. The van der Waals surface area contributed by atoms with Crippen LogP contribution in [-0.4, -0.2) is 34.5 Å². The summed E-state index contributed by atoms with van der Waals surface area (Å²) in [6, 6.07) is 0. The molecule has 2 N–H and O–H groups in total. The van der Waals surface area contributed by atoms with Crippen molar-refractivity contribution < 1.29 is 46.1 Å². The zero-order valence-corrected chi connectivity index (χ0v) is 9.70. The Morgan fingerprint density at radius 1 is 0.750 bits per heavy atom. The molecule has 0 aromatic rings. The molecule has 2 aliphatic rings. The maximum absolute atomic E-state index is 11.6. The molecular weight excluding hydrogens is 298 g/mol. The molecule has 2 aliphatic carbocycles. The van der Waals surface area contributed by atoms with Crippen LogP contribution in [0.2, 0.25) is 0 Å². The summed E-state index contributed by atoms with van der Waals surface area (Å²) in [6.07, 6.45) is -9.14. The van der Waals surface area contributed by atoms with Gasteiger partial charge in [0.2, 0.25) is 0 Å². The Hall–Kier alpha value is -1.48. The van der Waals surface area contributed by atoms with Crippen molar-refractivity contribution in [2.24, 2.45) is 23.7 Å². The number of halogens is 6. The van der Waals surface area contributed by atoms with E-state index in [1.54, 1.807) is 0 Å². The summed E-state index contributed by atoms with van der Waals surface area (Å²) in [5.41, 5.74) is 0. The number of carboxylic acid groups (broad SMARTS) is 2. The number of carbonyl (C=O) groups is 2. The smallest absolute Gasteiger partial charge is 0.392 e. The lowest BCUT2D eigenvalue weighted by molar-refractivity contribution is -0.160. The summed E-state index contributed by atoms with van der Waals surface area (Å²) < 4.78 is 69.5. The normalized spacial score (nSPS) is 31.9. The first-order valence-electron chi connectivity index (χ1n) is 5.44. The van der Waals surface area contributed by atoms with Crippen LogP contribution in [0.1, 0.15) is 12.8 Å². The van der Waals surface area contributed by atoms with Crippen molar-refractivity contribution >= 4 is 11.9 Å². The summed E-state index contributed by atoms with van der Waals surface area (Å²) in [5.74, 6) is -8.24. The molecule has 4 nitrogen and oxygen atoms in total. The molecule has 0 spiro atoms. The monoisotopic (exact) mass is 308 g/mol. The highest BCUT2D eigenvalue weighted by Crippen LogP contribution is 2.50. The molecule has 4 atom stereocenters. The molecule has 0 heterocycles. The van der Waals surface area contributed by atoms with Crippen LogP contribution in [0.3, 0.4) is 0 Å². The van der Waals surface area contributed by atoms with Gasteiger partial charge in [-0.25, -0.2) is 0 Å². The van der Waals surface area contributed by atoms with Gasteiger partial charge in [0, 0.05) is 0 Å². The van der Waals surface area contributed by atoms with Gasteiger partial charge in [0.1, 0.15) is 0 Å². The molecule has 116 valence electrons. The standard InChI is InChI=1S/2C5H5F3O2/c2*6-5(7,8)3-1-2(3)4(9)10/h2*2-3H,1H2,(H,9,10)/t2*2-,3-/m10/s1. The minimum absolute atomic E-state index is 0.251. The van der Waals surface area contributed by atoms with E-state index in [2.05, 4.69) is 0 Å². The number of hydrogen-bond donors (Lipinski definition) is 2. The molecule has 0 unspecified atom stereocenters. The van der Waals surface area contributed by atoms with Crippen LogP contribution in [0.15, 0.2) is 0 Å². The number of hydrogen-bond acceptors (Lipinski definition) is 2. The molecule has 2 saturated carbocycles. The summed E-state index contributed by atoms with van der Waals surface area (Å²) in [7, 11) is 0. The Bertz CT molecular complexity index is 364. The molecule has 0 bridgehead atoms. The van der Waals surface area contributed by atoms with Crippen molar-refractivity contribution in [2.75, 3.05) is 0 Å². The molecule has 0 radical (unpaired) electrons. The van der Waals surface area contributed by atoms with Gasteiger partial charge in [-0.2, -0.15) is 26.3 Å². The van der Waals surface area contributed by atoms with Crippen LogP contribution in [0.5, 0.6) is 0 Å². The second-order valence-electron chi connectivity index (χ2n) is 4.66. The molecule has 0 aromatic heterocycles. The summed E-state index contributed by atoms with van der Waals surface area (Å²) in [6.45, 7) is 0. The van der Waals surface area contributed by atoms with Gasteiger partial charge >= 0.3 is 24.3 Å². The third-order valence-electron chi connectivity index (χ3n) is 3.06. The molecule has 0 amide bonds. The first-order valence-corrected chi connectivity index (χ1v) is 5.44. The summed E-state index contributed by atoms with van der Waals surface area (Å²) in [4.78, 5) is 19.8. The van der Waals surface area contributed by atoms with Gasteiger partial charge in [-0.05, 0) is 12.8 Å². The molecule has 0 saturated heterocycles. The minimum Gasteiger partial charge on any atom is -0.481 e. The Morgan fingerprint density at radius 3 is 1.05 bits per heavy atom. The lowest BCUT2D eigenvalue weighted by atomic mass is 10.3. The van der Waals surface area contributed by atoms with Gasteiger partial charge in [-0.1, -0.05) is 0 Å². The SMILES string of the molecule is O=C(O)[C@@H]1C[C@H]1C(F)(F)F.O=C(O)[C@H]1C[C@@H]1C(F)(F)F. The Labute approximate surface area is 108 Å². The average Bonchev–Trinajstić information content (AvgIpc) is 3.09. The van der Waals surface area contributed by atoms with Crippen molar-refractivity contribution in [3.63, 3.8) is 0 Å². The van der Waals surface area contributed by atoms with Gasteiger partial charge in [0.05, 0.1) is 23.7 Å². The predicted molar refractivity (Wildman–Crippen MR) is 50.6 cm³/mol. The van der Waals surface area contributed by atoms with Gasteiger partial charge in [-0.3, -0.25) is 9.59 Å². The van der Waals surface area contributed by atoms with Crippen molar-refractivity contribution in [1.29, 1.82) is 0 Å². The topological polar surface area (TPSA) is 74.6 Å². The highest BCUT2D eigenvalue weighted by Gasteiger charge is 2.59. The van der Waals surface area contributed by atoms with E-state index in [1.807, 2.05) is 0 Å². The van der Waals surface area contributed by atoms with Crippen LogP contribution in [0.25, 0.3) is 0 Å². The van der Waals surface area contributed by atoms with Crippen LogP contribution >= 0.6 is 0 Å². The first-order chi connectivity index (χ1) is 8.85. The van der Waals surface area contributed by atoms with E-state index in [0.717, 1.165) is 0 Å². The number of carboxylic acids is 2. The van der Waals surface area contributed by atoms with Gasteiger partial charge in [0.25, 0.3) is 0 Å². The molecular formula is C10H10F6O4. The molecule has 20 heavy (non-hydrogen) atoms. The lowest BCUT2D eigenvalue weighted by Gasteiger charge is -2.01. The van der Waals surface area contributed by atoms with Crippen LogP contribution in [0.4, 0.5) is 26.3 Å². The van der Waals surface area contributed by atoms with E-state index in [1.165, 1.54) is 0 Å². The summed E-state index contributed by atoms with van der Waals surface area (Å²) >= 11 is 0. The number of aliphatic carboxylic acids is 2. The Morgan fingerprint density at radius 2 is 1.00 bits per heavy atom. The van der Waals surface area contributed by atoms with E-state index >= 15 is 0 Å². The second-order valence-corrected chi connectivity index (χ2v) is 4.66. The van der Waals surface area contributed by atoms with Crippen LogP contribution < -0.4 is 0 Å². The van der Waals surface area contributed by atoms with Crippen LogP contribution in [-0.2, 0) is 9.59 Å². The van der Waals surface area contributed by atoms with E-state index < -0.39 is 48.0 Å². The number of alkyl halides is 6. The Balaban J connectivity index is 0.000000200. The third-order valence-corrected chi connectivity index (χ3v) is 3.06. The first kappa shape index (κ1) is 16.6. The maximum Gasteiger partial charge on any atom is 0.392 e. The fraction of sp³-hybridized carbons (Fsp3) is 0.800. The zero-order valence-electron chi connectivity index (χ0n) is 9.70. The second kappa shape index (κ2) is 5.13. The van der Waals surface area contributed by atoms with E-state index in [0.29, 0.717) is 0 Å². The molecule has 10 heteroatoms. The Kier molecular flexibility index (Phi) is 4.25. The van der Waals surface area contributed by atoms with E-state index in [9.17, 15) is 35.9 Å². The van der Waals surface area contributed by atoms with Crippen molar-refractivity contribution in [2.45, 2.75) is 25.2 Å². The molecule has 2 rings (SSSR count). The largest absolute Gasteiger partial charge is 0.481 e. The average molecular weight is 308 g/mol. The van der Waals surface area contributed by atoms with Gasteiger partial charge < -0.3 is 10.2 Å². The van der Waals surface area contributed by atoms with Crippen LogP contribution in [0, 0.1) is 23.7 Å². The third kappa shape index (κ3) is 4.27. The molecule has 0 aliphatic heterocycles. The lowest BCUT2D eigenvalue weighted by Crippen LogP contribution is -2.14.